The average molecular weight is 389 g/mol. The van der Waals surface area contributed by atoms with Crippen molar-refractivity contribution < 1.29 is 14.3 Å². The van der Waals surface area contributed by atoms with E-state index in [-0.39, 0.29) is 5.69 Å². The Morgan fingerprint density at radius 1 is 1.07 bits per heavy atom. The summed E-state index contributed by atoms with van der Waals surface area (Å²) in [6, 6.07) is 15.5. The number of ether oxygens (including phenoxy) is 2. The van der Waals surface area contributed by atoms with E-state index >= 15 is 0 Å². The molecule has 3 aromatic rings. The quantitative estimate of drug-likeness (QED) is 0.662. The zero-order valence-corrected chi connectivity index (χ0v) is 16.2. The second-order valence-corrected chi connectivity index (χ2v) is 6.02. The van der Waals surface area contributed by atoms with Crippen LogP contribution in [0.1, 0.15) is 21.9 Å². The molecule has 2 aromatic carbocycles. The molecule has 0 bridgehead atoms. The second kappa shape index (κ2) is 8.71. The maximum atomic E-state index is 12.6. The van der Waals surface area contributed by atoms with Gasteiger partial charge in [-0.25, -0.2) is 9.97 Å². The van der Waals surface area contributed by atoms with Crippen LogP contribution in [0.15, 0.2) is 48.5 Å². The van der Waals surface area contributed by atoms with Crippen LogP contribution < -0.4 is 20.1 Å². The van der Waals surface area contributed by atoms with Gasteiger partial charge in [0.05, 0.1) is 31.5 Å². The van der Waals surface area contributed by atoms with E-state index in [0.29, 0.717) is 40.1 Å². The minimum Gasteiger partial charge on any atom is -0.497 e. The zero-order valence-electron chi connectivity index (χ0n) is 16.2. The van der Waals surface area contributed by atoms with Gasteiger partial charge >= 0.3 is 0 Å². The molecule has 1 heterocycles. The Morgan fingerprint density at radius 3 is 2.62 bits per heavy atom. The summed E-state index contributed by atoms with van der Waals surface area (Å²) in [5.41, 5.74) is 1.78. The number of rotatable bonds is 6. The number of carbonyl (C=O) groups excluding carboxylic acids is 1. The Bertz CT molecular complexity index is 1090. The highest BCUT2D eigenvalue weighted by Crippen LogP contribution is 2.31. The highest BCUT2D eigenvalue weighted by atomic mass is 16.5. The molecule has 8 heteroatoms. The lowest BCUT2D eigenvalue weighted by atomic mass is 10.2. The standard InChI is InChI=1S/C21H19N5O3/c1-13-23-18(21(27)25-15-6-4-5-14(9-15)12-22)11-20(24-13)26-17-10-16(28-2)7-8-19(17)29-3/h4-11H,1-3H3,(H,25,27)(H,23,24,26). The molecule has 2 N–H and O–H groups in total. The first kappa shape index (κ1) is 19.6. The molecular weight excluding hydrogens is 370 g/mol. The Kier molecular flexibility index (Phi) is 5.90. The highest BCUT2D eigenvalue weighted by molar-refractivity contribution is 6.03. The third-order valence-electron chi connectivity index (χ3n) is 3.99. The molecule has 1 amide bonds. The summed E-state index contributed by atoms with van der Waals surface area (Å²) < 4.78 is 10.6. The molecule has 29 heavy (non-hydrogen) atoms. The molecule has 0 unspecified atom stereocenters. The first-order valence-corrected chi connectivity index (χ1v) is 8.68. The van der Waals surface area contributed by atoms with Crippen molar-refractivity contribution >= 4 is 23.1 Å². The smallest absolute Gasteiger partial charge is 0.274 e. The predicted octanol–water partition coefficient (Wildman–Crippen LogP) is 3.67. The van der Waals surface area contributed by atoms with Gasteiger partial charge in [-0.2, -0.15) is 5.26 Å². The molecule has 3 rings (SSSR count). The van der Waals surface area contributed by atoms with Crippen LogP contribution in [0.25, 0.3) is 0 Å². The van der Waals surface area contributed by atoms with Crippen LogP contribution in [-0.2, 0) is 0 Å². The van der Waals surface area contributed by atoms with Crippen molar-refractivity contribution in [2.45, 2.75) is 6.92 Å². The van der Waals surface area contributed by atoms with E-state index in [1.165, 1.54) is 6.07 Å². The molecule has 0 saturated carbocycles. The van der Waals surface area contributed by atoms with Gasteiger partial charge in [0.1, 0.15) is 28.8 Å². The molecule has 146 valence electrons. The van der Waals surface area contributed by atoms with Crippen molar-refractivity contribution in [1.82, 2.24) is 9.97 Å². The van der Waals surface area contributed by atoms with E-state index in [0.717, 1.165) is 0 Å². The van der Waals surface area contributed by atoms with Crippen LogP contribution in [-0.4, -0.2) is 30.1 Å². The van der Waals surface area contributed by atoms with E-state index in [1.54, 1.807) is 63.6 Å². The summed E-state index contributed by atoms with van der Waals surface area (Å²) in [6.45, 7) is 1.70. The molecule has 0 radical (unpaired) electrons. The number of methoxy groups -OCH3 is 2. The fraction of sp³-hybridized carbons (Fsp3) is 0.143. The number of carbonyl (C=O) groups is 1. The summed E-state index contributed by atoms with van der Waals surface area (Å²) in [5.74, 6) is 1.69. The van der Waals surface area contributed by atoms with Crippen molar-refractivity contribution in [3.05, 3.63) is 65.6 Å². The molecule has 1 aromatic heterocycles. The van der Waals surface area contributed by atoms with Crippen LogP contribution in [0, 0.1) is 18.3 Å². The van der Waals surface area contributed by atoms with Crippen LogP contribution in [0.2, 0.25) is 0 Å². The number of amides is 1. The van der Waals surface area contributed by atoms with Crippen LogP contribution in [0.5, 0.6) is 11.5 Å². The maximum Gasteiger partial charge on any atom is 0.274 e. The second-order valence-electron chi connectivity index (χ2n) is 6.02. The summed E-state index contributed by atoms with van der Waals surface area (Å²) in [6.07, 6.45) is 0. The summed E-state index contributed by atoms with van der Waals surface area (Å²) in [5, 5.41) is 14.9. The summed E-state index contributed by atoms with van der Waals surface area (Å²) in [4.78, 5) is 21.2. The summed E-state index contributed by atoms with van der Waals surface area (Å²) >= 11 is 0. The lowest BCUT2D eigenvalue weighted by molar-refractivity contribution is 0.102. The van der Waals surface area contributed by atoms with E-state index in [9.17, 15) is 4.79 Å². The molecular formula is C21H19N5O3. The topological polar surface area (TPSA) is 109 Å². The number of nitrogens with zero attached hydrogens (tertiary/aromatic N) is 3. The van der Waals surface area contributed by atoms with Crippen molar-refractivity contribution in [1.29, 1.82) is 5.26 Å². The monoisotopic (exact) mass is 389 g/mol. The van der Waals surface area contributed by atoms with Gasteiger partial charge in [-0.05, 0) is 37.3 Å². The van der Waals surface area contributed by atoms with Gasteiger partial charge in [0.2, 0.25) is 0 Å². The van der Waals surface area contributed by atoms with Gasteiger partial charge in [0, 0.05) is 17.8 Å². The van der Waals surface area contributed by atoms with Crippen LogP contribution in [0.4, 0.5) is 17.2 Å². The normalized spacial score (nSPS) is 10.0. The van der Waals surface area contributed by atoms with Gasteiger partial charge in [0.15, 0.2) is 0 Å². The number of hydrogen-bond acceptors (Lipinski definition) is 7. The van der Waals surface area contributed by atoms with Crippen molar-refractivity contribution in [3.63, 3.8) is 0 Å². The van der Waals surface area contributed by atoms with Gasteiger partial charge in [-0.1, -0.05) is 6.07 Å². The Morgan fingerprint density at radius 2 is 1.90 bits per heavy atom. The van der Waals surface area contributed by atoms with Crippen LogP contribution in [0.3, 0.4) is 0 Å². The largest absolute Gasteiger partial charge is 0.497 e. The third kappa shape index (κ3) is 4.78. The number of aromatic nitrogens is 2. The Hall–Kier alpha value is -4.12. The molecule has 0 saturated heterocycles. The molecule has 0 fully saturated rings. The van der Waals surface area contributed by atoms with E-state index in [2.05, 4.69) is 20.6 Å². The van der Waals surface area contributed by atoms with Gasteiger partial charge < -0.3 is 20.1 Å². The SMILES string of the molecule is COc1ccc(OC)c(Nc2cc(C(=O)Nc3cccc(C#N)c3)nc(C)n2)c1. The minimum atomic E-state index is -0.411. The fourth-order valence-electron chi connectivity index (χ4n) is 2.66. The van der Waals surface area contributed by atoms with Gasteiger partial charge in [-0.3, -0.25) is 4.79 Å². The number of anilines is 3. The van der Waals surface area contributed by atoms with Crippen molar-refractivity contribution in [2.24, 2.45) is 0 Å². The van der Waals surface area contributed by atoms with Crippen molar-refractivity contribution in [2.75, 3.05) is 24.9 Å². The average Bonchev–Trinajstić information content (AvgIpc) is 2.73. The lowest BCUT2D eigenvalue weighted by Gasteiger charge is -2.13. The lowest BCUT2D eigenvalue weighted by Crippen LogP contribution is -2.15. The number of aryl methyl sites for hydroxylation is 1. The van der Waals surface area contributed by atoms with E-state index < -0.39 is 5.91 Å². The van der Waals surface area contributed by atoms with Crippen molar-refractivity contribution in [3.8, 4) is 17.6 Å². The molecule has 0 spiro atoms. The zero-order chi connectivity index (χ0) is 20.8. The number of nitrogens with one attached hydrogen (secondary N) is 2. The van der Waals surface area contributed by atoms with Gasteiger partial charge in [0.25, 0.3) is 5.91 Å². The Balaban J connectivity index is 1.86. The van der Waals surface area contributed by atoms with Gasteiger partial charge in [-0.15, -0.1) is 0 Å². The summed E-state index contributed by atoms with van der Waals surface area (Å²) in [7, 11) is 3.14. The molecule has 0 atom stereocenters. The fourth-order valence-corrected chi connectivity index (χ4v) is 2.66. The van der Waals surface area contributed by atoms with E-state index in [1.807, 2.05) is 6.07 Å². The van der Waals surface area contributed by atoms with E-state index in [4.69, 9.17) is 14.7 Å². The first-order valence-electron chi connectivity index (χ1n) is 8.68. The first-order chi connectivity index (χ1) is 14.0. The Labute approximate surface area is 168 Å². The molecule has 0 aliphatic heterocycles. The molecule has 0 aliphatic rings. The number of nitriles is 1. The minimum absolute atomic E-state index is 0.184. The molecule has 8 nitrogen and oxygen atoms in total. The number of hydrogen-bond donors (Lipinski definition) is 2. The number of benzene rings is 2. The van der Waals surface area contributed by atoms with Crippen LogP contribution >= 0.6 is 0 Å². The maximum absolute atomic E-state index is 12.6. The molecule has 0 aliphatic carbocycles. The third-order valence-corrected chi connectivity index (χ3v) is 3.99. The highest BCUT2D eigenvalue weighted by Gasteiger charge is 2.13. The predicted molar refractivity (Wildman–Crippen MR) is 109 cm³/mol.